The summed E-state index contributed by atoms with van der Waals surface area (Å²) in [6, 6.07) is 4.31. The lowest BCUT2D eigenvalue weighted by atomic mass is 10.2. The SMILES string of the molecule is CCc1c(S)nnn1-c1ccc(O)cc1O. The molecule has 0 aliphatic heterocycles. The number of benzene rings is 1. The fraction of sp³-hybridized carbons (Fsp3) is 0.200. The molecule has 84 valence electrons. The van der Waals surface area contributed by atoms with Crippen molar-refractivity contribution >= 4 is 12.6 Å². The summed E-state index contributed by atoms with van der Waals surface area (Å²) in [7, 11) is 0. The summed E-state index contributed by atoms with van der Waals surface area (Å²) in [5, 5.41) is 27.2. The van der Waals surface area contributed by atoms with E-state index in [2.05, 4.69) is 22.9 Å². The number of rotatable bonds is 2. The lowest BCUT2D eigenvalue weighted by molar-refractivity contribution is 0.447. The van der Waals surface area contributed by atoms with Gasteiger partial charge in [-0.15, -0.1) is 17.7 Å². The van der Waals surface area contributed by atoms with Crippen molar-refractivity contribution in [3.8, 4) is 17.2 Å². The molecule has 6 heteroatoms. The van der Waals surface area contributed by atoms with E-state index in [1.54, 1.807) is 6.07 Å². The van der Waals surface area contributed by atoms with Gasteiger partial charge in [-0.25, -0.2) is 4.68 Å². The molecule has 16 heavy (non-hydrogen) atoms. The van der Waals surface area contributed by atoms with Crippen LogP contribution in [0, 0.1) is 0 Å². The number of thiol groups is 1. The molecule has 0 saturated heterocycles. The monoisotopic (exact) mass is 237 g/mol. The van der Waals surface area contributed by atoms with Crippen molar-refractivity contribution in [2.24, 2.45) is 0 Å². The van der Waals surface area contributed by atoms with Crippen molar-refractivity contribution in [2.45, 2.75) is 18.4 Å². The zero-order valence-electron chi connectivity index (χ0n) is 8.62. The van der Waals surface area contributed by atoms with Crippen molar-refractivity contribution in [2.75, 3.05) is 0 Å². The normalized spacial score (nSPS) is 10.6. The zero-order valence-corrected chi connectivity index (χ0v) is 9.52. The summed E-state index contributed by atoms with van der Waals surface area (Å²) in [4.78, 5) is 0. The number of phenols is 2. The van der Waals surface area contributed by atoms with E-state index in [-0.39, 0.29) is 11.5 Å². The molecule has 0 aliphatic rings. The van der Waals surface area contributed by atoms with E-state index in [0.29, 0.717) is 17.1 Å². The van der Waals surface area contributed by atoms with Gasteiger partial charge in [0.25, 0.3) is 0 Å². The molecule has 1 aromatic heterocycles. The van der Waals surface area contributed by atoms with Crippen LogP contribution in [0.2, 0.25) is 0 Å². The topological polar surface area (TPSA) is 71.2 Å². The minimum absolute atomic E-state index is 0.00510. The van der Waals surface area contributed by atoms with Gasteiger partial charge in [-0.2, -0.15) is 0 Å². The van der Waals surface area contributed by atoms with E-state index in [0.717, 1.165) is 5.69 Å². The Morgan fingerprint density at radius 1 is 1.38 bits per heavy atom. The van der Waals surface area contributed by atoms with Gasteiger partial charge in [-0.05, 0) is 18.6 Å². The molecule has 2 N–H and O–H groups in total. The highest BCUT2D eigenvalue weighted by molar-refractivity contribution is 7.80. The van der Waals surface area contributed by atoms with Crippen LogP contribution in [0.25, 0.3) is 5.69 Å². The van der Waals surface area contributed by atoms with Crippen molar-refractivity contribution in [1.29, 1.82) is 0 Å². The maximum absolute atomic E-state index is 9.70. The summed E-state index contributed by atoms with van der Waals surface area (Å²) < 4.78 is 1.51. The lowest BCUT2D eigenvalue weighted by Crippen LogP contribution is -2.01. The second kappa shape index (κ2) is 4.05. The van der Waals surface area contributed by atoms with Crippen molar-refractivity contribution in [1.82, 2.24) is 15.0 Å². The third kappa shape index (κ3) is 1.71. The Hall–Kier alpha value is -1.69. The third-order valence-electron chi connectivity index (χ3n) is 2.26. The molecule has 1 aromatic carbocycles. The van der Waals surface area contributed by atoms with E-state index in [1.165, 1.54) is 16.8 Å². The van der Waals surface area contributed by atoms with Crippen LogP contribution in [-0.4, -0.2) is 25.2 Å². The van der Waals surface area contributed by atoms with E-state index in [4.69, 9.17) is 0 Å². The van der Waals surface area contributed by atoms with Gasteiger partial charge in [0.05, 0.1) is 5.69 Å². The fourth-order valence-corrected chi connectivity index (χ4v) is 1.78. The number of nitrogens with zero attached hydrogens (tertiary/aromatic N) is 3. The van der Waals surface area contributed by atoms with Gasteiger partial charge in [-0.1, -0.05) is 12.1 Å². The van der Waals surface area contributed by atoms with Gasteiger partial charge >= 0.3 is 0 Å². The van der Waals surface area contributed by atoms with Crippen LogP contribution in [-0.2, 0) is 6.42 Å². The standard InChI is InChI=1S/C10H11N3O2S/c1-2-7-10(16)11-12-13(7)8-4-3-6(14)5-9(8)15/h3-5,14-16H,2H2,1H3. The van der Waals surface area contributed by atoms with Crippen LogP contribution in [0.1, 0.15) is 12.6 Å². The van der Waals surface area contributed by atoms with Crippen LogP contribution in [0.5, 0.6) is 11.5 Å². The summed E-state index contributed by atoms with van der Waals surface area (Å²) in [6.07, 6.45) is 0.701. The molecule has 0 spiro atoms. The Kier molecular flexibility index (Phi) is 2.74. The molecule has 0 atom stereocenters. The molecular formula is C10H11N3O2S. The number of aromatic nitrogens is 3. The Morgan fingerprint density at radius 2 is 2.12 bits per heavy atom. The Morgan fingerprint density at radius 3 is 2.75 bits per heavy atom. The molecule has 5 nitrogen and oxygen atoms in total. The minimum atomic E-state index is -0.0482. The van der Waals surface area contributed by atoms with Gasteiger partial charge < -0.3 is 10.2 Å². The predicted octanol–water partition coefficient (Wildman–Crippen LogP) is 1.53. The van der Waals surface area contributed by atoms with Crippen molar-refractivity contribution in [3.63, 3.8) is 0 Å². The van der Waals surface area contributed by atoms with Crippen LogP contribution in [0.3, 0.4) is 0 Å². The number of phenolic OH excluding ortho intramolecular Hbond substituents is 2. The maximum Gasteiger partial charge on any atom is 0.145 e. The van der Waals surface area contributed by atoms with Gasteiger partial charge in [-0.3, -0.25) is 0 Å². The molecule has 0 aliphatic carbocycles. The van der Waals surface area contributed by atoms with Gasteiger partial charge in [0.1, 0.15) is 22.2 Å². The van der Waals surface area contributed by atoms with E-state index < -0.39 is 0 Å². The number of hydrogen-bond donors (Lipinski definition) is 3. The molecule has 2 rings (SSSR count). The van der Waals surface area contributed by atoms with Crippen LogP contribution < -0.4 is 0 Å². The smallest absolute Gasteiger partial charge is 0.145 e. The average Bonchev–Trinajstić information content (AvgIpc) is 2.59. The molecule has 0 unspecified atom stereocenters. The number of aromatic hydroxyl groups is 2. The first-order chi connectivity index (χ1) is 7.63. The average molecular weight is 237 g/mol. The predicted molar refractivity (Wildman–Crippen MR) is 61.3 cm³/mol. The first kappa shape index (κ1) is 10.8. The largest absolute Gasteiger partial charge is 0.508 e. The third-order valence-corrected chi connectivity index (χ3v) is 2.61. The lowest BCUT2D eigenvalue weighted by Gasteiger charge is -2.07. The molecule has 0 amide bonds. The quantitative estimate of drug-likeness (QED) is 0.693. The summed E-state index contributed by atoms with van der Waals surface area (Å²) in [5.41, 5.74) is 1.28. The molecule has 0 bridgehead atoms. The summed E-state index contributed by atoms with van der Waals surface area (Å²) in [5.74, 6) is -0.0431. The van der Waals surface area contributed by atoms with Gasteiger partial charge in [0, 0.05) is 6.07 Å². The molecule has 0 radical (unpaired) electrons. The minimum Gasteiger partial charge on any atom is -0.508 e. The molecular weight excluding hydrogens is 226 g/mol. The summed E-state index contributed by atoms with van der Waals surface area (Å²) in [6.45, 7) is 1.95. The summed E-state index contributed by atoms with van der Waals surface area (Å²) >= 11 is 4.18. The second-order valence-corrected chi connectivity index (χ2v) is 3.72. The van der Waals surface area contributed by atoms with Crippen molar-refractivity contribution in [3.05, 3.63) is 23.9 Å². The van der Waals surface area contributed by atoms with Gasteiger partial charge in [0.15, 0.2) is 0 Å². The van der Waals surface area contributed by atoms with E-state index in [1.807, 2.05) is 6.92 Å². The van der Waals surface area contributed by atoms with Crippen LogP contribution in [0.4, 0.5) is 0 Å². The maximum atomic E-state index is 9.70. The highest BCUT2D eigenvalue weighted by atomic mass is 32.1. The van der Waals surface area contributed by atoms with E-state index in [9.17, 15) is 10.2 Å². The van der Waals surface area contributed by atoms with Gasteiger partial charge in [0.2, 0.25) is 0 Å². The zero-order chi connectivity index (χ0) is 11.7. The molecule has 0 saturated carbocycles. The first-order valence-corrected chi connectivity index (χ1v) is 5.24. The molecule has 1 heterocycles. The highest BCUT2D eigenvalue weighted by Crippen LogP contribution is 2.27. The van der Waals surface area contributed by atoms with Crippen LogP contribution >= 0.6 is 12.6 Å². The fourth-order valence-electron chi connectivity index (χ4n) is 1.49. The Bertz CT molecular complexity index is 525. The molecule has 0 fully saturated rings. The van der Waals surface area contributed by atoms with E-state index >= 15 is 0 Å². The first-order valence-electron chi connectivity index (χ1n) is 4.79. The Balaban J connectivity index is 2.58. The van der Waals surface area contributed by atoms with Crippen LogP contribution in [0.15, 0.2) is 23.2 Å². The molecule has 2 aromatic rings. The Labute approximate surface area is 97.8 Å². The van der Waals surface area contributed by atoms with Crippen molar-refractivity contribution < 1.29 is 10.2 Å². The highest BCUT2D eigenvalue weighted by Gasteiger charge is 2.13. The number of hydrogen-bond acceptors (Lipinski definition) is 5. The second-order valence-electron chi connectivity index (χ2n) is 3.30.